The SMILES string of the molecule is C[C@]12CC(O[N+](=O)[O-])[C@@H]3c4ccc(O)cc4CC[C@H]3[C@@H]1CC[C@@H]2O. The van der Waals surface area contributed by atoms with E-state index in [-0.39, 0.29) is 23.0 Å². The first-order chi connectivity index (χ1) is 11.4. The Bertz CT molecular complexity index is 677. The molecule has 0 aliphatic heterocycles. The number of benzene rings is 1. The van der Waals surface area contributed by atoms with E-state index >= 15 is 0 Å². The molecule has 0 bridgehead atoms. The summed E-state index contributed by atoms with van der Waals surface area (Å²) in [6, 6.07) is 5.32. The number of aliphatic hydroxyl groups excluding tert-OH is 1. The Morgan fingerprint density at radius 2 is 2.12 bits per heavy atom. The molecule has 3 aliphatic rings. The van der Waals surface area contributed by atoms with Gasteiger partial charge in [-0.1, -0.05) is 13.0 Å². The van der Waals surface area contributed by atoms with Gasteiger partial charge in [0.05, 0.1) is 6.10 Å². The second-order valence-corrected chi connectivity index (χ2v) is 7.89. The van der Waals surface area contributed by atoms with Crippen LogP contribution in [0.1, 0.15) is 49.7 Å². The normalized spacial score (nSPS) is 40.3. The van der Waals surface area contributed by atoms with Gasteiger partial charge in [0.2, 0.25) is 0 Å². The van der Waals surface area contributed by atoms with Crippen molar-refractivity contribution in [1.29, 1.82) is 0 Å². The average molecular weight is 333 g/mol. The van der Waals surface area contributed by atoms with Crippen molar-refractivity contribution in [3.63, 3.8) is 0 Å². The van der Waals surface area contributed by atoms with E-state index in [1.54, 1.807) is 12.1 Å². The quantitative estimate of drug-likeness (QED) is 0.641. The molecule has 1 unspecified atom stereocenters. The standard InChI is InChI=1S/C18H23NO5/c1-18-9-15(24-19(22)23)17-12-5-3-11(20)8-10(12)2-4-13(17)14(18)6-7-16(18)21/h3,5,8,13-17,20-21H,2,4,6-7,9H2,1H3/t13-,14-,15?,16-,17+,18-/m0/s1. The lowest BCUT2D eigenvalue weighted by atomic mass is 9.54. The highest BCUT2D eigenvalue weighted by Gasteiger charge is 2.58. The van der Waals surface area contributed by atoms with Crippen molar-refractivity contribution < 1.29 is 20.1 Å². The third kappa shape index (κ3) is 2.19. The van der Waals surface area contributed by atoms with Gasteiger partial charge in [-0.2, -0.15) is 0 Å². The van der Waals surface area contributed by atoms with Gasteiger partial charge >= 0.3 is 0 Å². The van der Waals surface area contributed by atoms with Crippen molar-refractivity contribution in [2.45, 2.75) is 57.2 Å². The number of phenols is 1. The monoisotopic (exact) mass is 333 g/mol. The van der Waals surface area contributed by atoms with Crippen LogP contribution < -0.4 is 0 Å². The maximum absolute atomic E-state index is 11.1. The fraction of sp³-hybridized carbons (Fsp3) is 0.667. The Morgan fingerprint density at radius 3 is 2.88 bits per heavy atom. The molecule has 24 heavy (non-hydrogen) atoms. The van der Waals surface area contributed by atoms with Crippen LogP contribution in [0.15, 0.2) is 18.2 Å². The second kappa shape index (κ2) is 5.34. The van der Waals surface area contributed by atoms with E-state index in [1.807, 2.05) is 6.07 Å². The molecule has 4 rings (SSSR count). The Labute approximate surface area is 140 Å². The summed E-state index contributed by atoms with van der Waals surface area (Å²) in [4.78, 5) is 16.2. The summed E-state index contributed by atoms with van der Waals surface area (Å²) < 4.78 is 0. The third-order valence-corrected chi connectivity index (χ3v) is 6.83. The van der Waals surface area contributed by atoms with Crippen molar-refractivity contribution in [2.24, 2.45) is 17.3 Å². The van der Waals surface area contributed by atoms with Crippen LogP contribution >= 0.6 is 0 Å². The summed E-state index contributed by atoms with van der Waals surface area (Å²) >= 11 is 0. The molecule has 2 N–H and O–H groups in total. The van der Waals surface area contributed by atoms with Gasteiger partial charge in [0.1, 0.15) is 11.9 Å². The molecule has 6 heteroatoms. The minimum Gasteiger partial charge on any atom is -0.508 e. The molecule has 0 spiro atoms. The van der Waals surface area contributed by atoms with E-state index in [0.717, 1.165) is 36.8 Å². The number of rotatable bonds is 2. The molecular formula is C18H23NO5. The van der Waals surface area contributed by atoms with Gasteiger partial charge in [-0.25, -0.2) is 0 Å². The van der Waals surface area contributed by atoms with E-state index in [1.165, 1.54) is 0 Å². The first kappa shape index (κ1) is 15.7. The summed E-state index contributed by atoms with van der Waals surface area (Å²) in [6.07, 6.45) is 3.06. The Kier molecular flexibility index (Phi) is 3.49. The van der Waals surface area contributed by atoms with E-state index in [9.17, 15) is 20.3 Å². The van der Waals surface area contributed by atoms with Gasteiger partial charge < -0.3 is 15.1 Å². The Balaban J connectivity index is 1.78. The molecule has 1 aromatic rings. The molecule has 0 amide bonds. The van der Waals surface area contributed by atoms with Crippen LogP contribution in [0.5, 0.6) is 5.75 Å². The highest BCUT2D eigenvalue weighted by atomic mass is 17.0. The minimum atomic E-state index is -0.693. The second-order valence-electron chi connectivity index (χ2n) is 7.89. The highest BCUT2D eigenvalue weighted by Crippen LogP contribution is 2.61. The Hall–Kier alpha value is -1.82. The first-order valence-electron chi connectivity index (χ1n) is 8.71. The smallest absolute Gasteiger partial charge is 0.294 e. The van der Waals surface area contributed by atoms with Crippen LogP contribution in [0.25, 0.3) is 0 Å². The van der Waals surface area contributed by atoms with Crippen LogP contribution in [0.3, 0.4) is 0 Å². The summed E-state index contributed by atoms with van der Waals surface area (Å²) in [5.74, 6) is 0.841. The number of phenolic OH excluding ortho intramolecular Hbond substituents is 1. The molecule has 6 atom stereocenters. The number of aromatic hydroxyl groups is 1. The van der Waals surface area contributed by atoms with E-state index in [2.05, 4.69) is 6.92 Å². The molecule has 0 saturated heterocycles. The zero-order valence-corrected chi connectivity index (χ0v) is 13.7. The van der Waals surface area contributed by atoms with Gasteiger partial charge in [-0.05, 0) is 72.6 Å². The molecule has 6 nitrogen and oxygen atoms in total. The molecule has 0 aromatic heterocycles. The summed E-state index contributed by atoms with van der Waals surface area (Å²) in [7, 11) is 0. The summed E-state index contributed by atoms with van der Waals surface area (Å²) in [5, 5.41) is 30.6. The number of aryl methyl sites for hydroxylation is 1. The van der Waals surface area contributed by atoms with Gasteiger partial charge in [0.25, 0.3) is 5.09 Å². The van der Waals surface area contributed by atoms with Gasteiger partial charge in [-0.15, -0.1) is 10.1 Å². The van der Waals surface area contributed by atoms with Crippen molar-refractivity contribution in [3.8, 4) is 5.75 Å². The number of hydrogen-bond donors (Lipinski definition) is 2. The third-order valence-electron chi connectivity index (χ3n) is 6.83. The summed E-state index contributed by atoms with van der Waals surface area (Å²) in [6.45, 7) is 2.06. The van der Waals surface area contributed by atoms with Crippen molar-refractivity contribution in [1.82, 2.24) is 0 Å². The molecule has 2 saturated carbocycles. The fourth-order valence-electron chi connectivity index (χ4n) is 5.80. The van der Waals surface area contributed by atoms with Gasteiger partial charge in [0.15, 0.2) is 0 Å². The predicted molar refractivity (Wildman–Crippen MR) is 86.0 cm³/mol. The lowest BCUT2D eigenvalue weighted by Gasteiger charge is -2.52. The molecule has 130 valence electrons. The topological polar surface area (TPSA) is 92.8 Å². The zero-order valence-electron chi connectivity index (χ0n) is 13.7. The Morgan fingerprint density at radius 1 is 1.33 bits per heavy atom. The molecule has 0 radical (unpaired) electrons. The molecule has 0 heterocycles. The fourth-order valence-corrected chi connectivity index (χ4v) is 5.80. The average Bonchev–Trinajstić information content (AvgIpc) is 2.81. The van der Waals surface area contributed by atoms with Crippen molar-refractivity contribution in [3.05, 3.63) is 39.4 Å². The first-order valence-corrected chi connectivity index (χ1v) is 8.71. The van der Waals surface area contributed by atoms with Crippen LogP contribution in [0, 0.1) is 27.4 Å². The van der Waals surface area contributed by atoms with Gasteiger partial charge in [0, 0.05) is 5.92 Å². The van der Waals surface area contributed by atoms with Crippen LogP contribution in [-0.2, 0) is 11.3 Å². The van der Waals surface area contributed by atoms with Crippen LogP contribution in [0.4, 0.5) is 0 Å². The zero-order chi connectivity index (χ0) is 17.1. The number of aliphatic hydroxyl groups is 1. The number of nitrogens with zero attached hydrogens (tertiary/aromatic N) is 1. The highest BCUT2D eigenvalue weighted by molar-refractivity contribution is 5.41. The number of fused-ring (bicyclic) bond motifs is 5. The maximum atomic E-state index is 11.1. The molecular weight excluding hydrogens is 310 g/mol. The lowest BCUT2D eigenvalue weighted by molar-refractivity contribution is -0.771. The number of hydrogen-bond acceptors (Lipinski definition) is 5. The van der Waals surface area contributed by atoms with Crippen molar-refractivity contribution >= 4 is 0 Å². The van der Waals surface area contributed by atoms with E-state index in [0.29, 0.717) is 12.3 Å². The maximum Gasteiger partial charge on any atom is 0.294 e. The molecule has 3 aliphatic carbocycles. The largest absolute Gasteiger partial charge is 0.508 e. The summed E-state index contributed by atoms with van der Waals surface area (Å²) in [5.41, 5.74) is 1.82. The molecule has 1 aromatic carbocycles. The predicted octanol–water partition coefficient (Wildman–Crippen LogP) is 2.80. The molecule has 2 fully saturated rings. The van der Waals surface area contributed by atoms with Crippen LogP contribution in [-0.4, -0.2) is 27.5 Å². The van der Waals surface area contributed by atoms with E-state index < -0.39 is 17.3 Å². The van der Waals surface area contributed by atoms with Gasteiger partial charge in [-0.3, -0.25) is 0 Å². The minimum absolute atomic E-state index is 0.0388. The van der Waals surface area contributed by atoms with Crippen molar-refractivity contribution in [2.75, 3.05) is 0 Å². The van der Waals surface area contributed by atoms with E-state index in [4.69, 9.17) is 4.84 Å². The lowest BCUT2D eigenvalue weighted by Crippen LogP contribution is -2.51. The van der Waals surface area contributed by atoms with Crippen LogP contribution in [0.2, 0.25) is 0 Å².